The molecule has 1 aliphatic rings. The van der Waals surface area contributed by atoms with Crippen molar-refractivity contribution < 1.29 is 32.2 Å². The lowest BCUT2D eigenvalue weighted by atomic mass is 10.1. The molecule has 25 heavy (non-hydrogen) atoms. The molecule has 0 unspecified atom stereocenters. The summed E-state index contributed by atoms with van der Waals surface area (Å²) in [6.45, 7) is 2.71. The van der Waals surface area contributed by atoms with Crippen LogP contribution in [0.25, 0.3) is 0 Å². The van der Waals surface area contributed by atoms with Crippen molar-refractivity contribution in [2.75, 3.05) is 5.32 Å². The molecule has 1 aliphatic heterocycles. The average molecular weight is 375 g/mol. The van der Waals surface area contributed by atoms with Crippen molar-refractivity contribution in [1.29, 1.82) is 5.26 Å². The Morgan fingerprint density at radius 2 is 1.80 bits per heavy atom. The summed E-state index contributed by atoms with van der Waals surface area (Å²) in [4.78, 5) is 23.6. The number of esters is 2. The second-order valence-corrected chi connectivity index (χ2v) is 5.78. The third kappa shape index (κ3) is 4.03. The molecule has 132 valence electrons. The lowest BCUT2D eigenvalue weighted by Gasteiger charge is -2.29. The van der Waals surface area contributed by atoms with Gasteiger partial charge in [0.05, 0.1) is 21.8 Å². The van der Waals surface area contributed by atoms with Crippen molar-refractivity contribution in [3.8, 4) is 6.07 Å². The molecule has 6 nitrogen and oxygen atoms in total. The van der Waals surface area contributed by atoms with E-state index in [1.54, 1.807) is 6.07 Å². The van der Waals surface area contributed by atoms with Crippen LogP contribution in [0.1, 0.15) is 25.0 Å². The fourth-order valence-corrected chi connectivity index (χ4v) is 2.20. The van der Waals surface area contributed by atoms with E-state index in [4.69, 9.17) is 26.3 Å². The third-order valence-electron chi connectivity index (χ3n) is 3.02. The Kier molecular flexibility index (Phi) is 4.68. The van der Waals surface area contributed by atoms with Gasteiger partial charge in [-0.3, -0.25) is 0 Å². The largest absolute Gasteiger partial charge is 0.419 e. The molecular weight excluding hydrogens is 365 g/mol. The van der Waals surface area contributed by atoms with Gasteiger partial charge in [0.15, 0.2) is 5.57 Å². The normalized spacial score (nSPS) is 16.6. The predicted octanol–water partition coefficient (Wildman–Crippen LogP) is 3.36. The summed E-state index contributed by atoms with van der Waals surface area (Å²) < 4.78 is 48.0. The monoisotopic (exact) mass is 374 g/mol. The van der Waals surface area contributed by atoms with Gasteiger partial charge in [-0.25, -0.2) is 9.59 Å². The summed E-state index contributed by atoms with van der Waals surface area (Å²) in [6.07, 6.45) is -3.83. The number of anilines is 1. The Balaban J connectivity index is 2.37. The smallest absolute Gasteiger partial charge is 0.416 e. The van der Waals surface area contributed by atoms with Crippen molar-refractivity contribution in [2.45, 2.75) is 25.8 Å². The van der Waals surface area contributed by atoms with Crippen molar-refractivity contribution in [3.63, 3.8) is 0 Å². The standard InChI is InChI=1S/C15H10ClF3N2O4/c1-14(2)24-12(22)9(13(23)25-14)6-21-11-7(5-20)3-8(4-10(11)16)15(17,18)19/h3-4,6,21H,1-2H3. The zero-order chi connectivity index (χ0) is 19.0. The number of nitrogens with one attached hydrogen (secondary N) is 1. The molecule has 0 radical (unpaired) electrons. The maximum atomic E-state index is 12.7. The van der Waals surface area contributed by atoms with Gasteiger partial charge in [-0.2, -0.15) is 18.4 Å². The number of carbonyl (C=O) groups is 2. The zero-order valence-corrected chi connectivity index (χ0v) is 13.6. The Labute approximate surface area is 144 Å². The molecule has 0 aromatic heterocycles. The molecular formula is C15H10ClF3N2O4. The molecule has 0 bridgehead atoms. The second kappa shape index (κ2) is 6.29. The fraction of sp³-hybridized carbons (Fsp3) is 0.267. The van der Waals surface area contributed by atoms with Crippen molar-refractivity contribution >= 4 is 29.2 Å². The van der Waals surface area contributed by atoms with Gasteiger partial charge in [0.25, 0.3) is 5.79 Å². The molecule has 0 atom stereocenters. The molecule has 0 saturated carbocycles. The van der Waals surface area contributed by atoms with E-state index in [2.05, 4.69) is 5.32 Å². The molecule has 0 spiro atoms. The highest BCUT2D eigenvalue weighted by atomic mass is 35.5. The van der Waals surface area contributed by atoms with E-state index in [0.717, 1.165) is 6.20 Å². The highest BCUT2D eigenvalue weighted by Crippen LogP contribution is 2.36. The number of hydrogen-bond donors (Lipinski definition) is 1. The van der Waals surface area contributed by atoms with Crippen LogP contribution in [0.15, 0.2) is 23.9 Å². The van der Waals surface area contributed by atoms with Gasteiger partial charge >= 0.3 is 18.1 Å². The number of nitrogens with zero attached hydrogens (tertiary/aromatic N) is 1. The van der Waals surface area contributed by atoms with Crippen LogP contribution >= 0.6 is 11.6 Å². The van der Waals surface area contributed by atoms with E-state index in [1.807, 2.05) is 0 Å². The van der Waals surface area contributed by atoms with Crippen LogP contribution in [0.3, 0.4) is 0 Å². The first-order valence-electron chi connectivity index (χ1n) is 6.69. The van der Waals surface area contributed by atoms with Gasteiger partial charge in [-0.05, 0) is 12.1 Å². The zero-order valence-electron chi connectivity index (χ0n) is 12.8. The highest BCUT2D eigenvalue weighted by Gasteiger charge is 2.39. The number of rotatable bonds is 2. The highest BCUT2D eigenvalue weighted by molar-refractivity contribution is 6.33. The summed E-state index contributed by atoms with van der Waals surface area (Å²) in [7, 11) is 0. The van der Waals surface area contributed by atoms with Gasteiger partial charge in [-0.1, -0.05) is 11.6 Å². The number of halogens is 4. The van der Waals surface area contributed by atoms with Crippen LogP contribution < -0.4 is 5.32 Å². The Morgan fingerprint density at radius 3 is 2.28 bits per heavy atom. The lowest BCUT2D eigenvalue weighted by Crippen LogP contribution is -2.42. The van der Waals surface area contributed by atoms with Crippen molar-refractivity contribution in [3.05, 3.63) is 40.1 Å². The molecule has 2 rings (SSSR count). The van der Waals surface area contributed by atoms with E-state index in [9.17, 15) is 22.8 Å². The van der Waals surface area contributed by atoms with Crippen LogP contribution in [0.5, 0.6) is 0 Å². The summed E-state index contributed by atoms with van der Waals surface area (Å²) in [5.74, 6) is -3.42. The van der Waals surface area contributed by atoms with Crippen LogP contribution in [-0.2, 0) is 25.2 Å². The first-order valence-corrected chi connectivity index (χ1v) is 7.06. The Hall–Kier alpha value is -2.73. The van der Waals surface area contributed by atoms with Gasteiger partial charge in [0.2, 0.25) is 0 Å². The number of benzene rings is 1. The second-order valence-electron chi connectivity index (χ2n) is 5.37. The molecule has 0 aliphatic carbocycles. The van der Waals surface area contributed by atoms with E-state index in [1.165, 1.54) is 13.8 Å². The molecule has 1 N–H and O–H groups in total. The van der Waals surface area contributed by atoms with Gasteiger partial charge in [0.1, 0.15) is 6.07 Å². The van der Waals surface area contributed by atoms with Crippen LogP contribution in [0.4, 0.5) is 18.9 Å². The van der Waals surface area contributed by atoms with E-state index in [0.29, 0.717) is 12.1 Å². The van der Waals surface area contributed by atoms with Gasteiger partial charge in [-0.15, -0.1) is 0 Å². The summed E-state index contributed by atoms with van der Waals surface area (Å²) in [6, 6.07) is 2.77. The van der Waals surface area contributed by atoms with E-state index in [-0.39, 0.29) is 5.69 Å². The first kappa shape index (κ1) is 18.6. The topological polar surface area (TPSA) is 88.4 Å². The summed E-state index contributed by atoms with van der Waals surface area (Å²) >= 11 is 5.78. The number of carbonyl (C=O) groups excluding carboxylic acids is 2. The molecule has 1 aromatic carbocycles. The molecule has 10 heteroatoms. The van der Waals surface area contributed by atoms with Gasteiger partial charge in [0, 0.05) is 20.0 Å². The minimum absolute atomic E-state index is 0.199. The number of nitriles is 1. The van der Waals surface area contributed by atoms with Crippen molar-refractivity contribution in [1.82, 2.24) is 0 Å². The first-order chi connectivity index (χ1) is 11.4. The fourth-order valence-electron chi connectivity index (χ4n) is 1.93. The minimum Gasteiger partial charge on any atom is -0.419 e. The SMILES string of the molecule is CC1(C)OC(=O)C(=CNc2c(Cl)cc(C(F)(F)F)cc2C#N)C(=O)O1. The number of ether oxygens (including phenoxy) is 2. The van der Waals surface area contributed by atoms with Crippen LogP contribution in [0, 0.1) is 11.3 Å². The average Bonchev–Trinajstić information content (AvgIpc) is 2.44. The number of alkyl halides is 3. The maximum absolute atomic E-state index is 12.7. The lowest BCUT2D eigenvalue weighted by molar-refractivity contribution is -0.222. The van der Waals surface area contributed by atoms with Gasteiger partial charge < -0.3 is 14.8 Å². The quantitative estimate of drug-likeness (QED) is 0.485. The summed E-state index contributed by atoms with van der Waals surface area (Å²) in [5, 5.41) is 11.0. The van der Waals surface area contributed by atoms with E-state index >= 15 is 0 Å². The minimum atomic E-state index is -4.69. The molecule has 0 amide bonds. The number of hydrogen-bond acceptors (Lipinski definition) is 6. The Morgan fingerprint density at radius 1 is 1.24 bits per heavy atom. The molecule has 1 aromatic rings. The van der Waals surface area contributed by atoms with Crippen LogP contribution in [0.2, 0.25) is 5.02 Å². The van der Waals surface area contributed by atoms with E-state index < -0.39 is 45.6 Å². The van der Waals surface area contributed by atoms with Crippen LogP contribution in [-0.4, -0.2) is 17.7 Å². The maximum Gasteiger partial charge on any atom is 0.416 e. The molecule has 1 fully saturated rings. The van der Waals surface area contributed by atoms with Crippen molar-refractivity contribution in [2.24, 2.45) is 0 Å². The molecule has 1 heterocycles. The number of cyclic esters (lactones) is 2. The third-order valence-corrected chi connectivity index (χ3v) is 3.31. The summed E-state index contributed by atoms with van der Waals surface area (Å²) in [5.41, 5.74) is -2.26. The predicted molar refractivity (Wildman–Crippen MR) is 79.1 cm³/mol. The Bertz CT molecular complexity index is 803. The molecule has 1 saturated heterocycles.